The topological polar surface area (TPSA) is 24.1 Å². The average Bonchev–Trinajstić information content (AvgIpc) is 2.99. The zero-order valence-electron chi connectivity index (χ0n) is 10.2. The van der Waals surface area contributed by atoms with Crippen LogP contribution in [-0.4, -0.2) is 19.1 Å². The van der Waals surface area contributed by atoms with Gasteiger partial charge in [-0.2, -0.15) is 0 Å². The van der Waals surface area contributed by atoms with E-state index in [2.05, 4.69) is 59.2 Å². The van der Waals surface area contributed by atoms with Crippen molar-refractivity contribution in [2.45, 2.75) is 12.0 Å². The molecule has 1 fully saturated rings. The van der Waals surface area contributed by atoms with E-state index >= 15 is 0 Å². The van der Waals surface area contributed by atoms with Crippen LogP contribution in [-0.2, 0) is 0 Å². The SMILES string of the molecule is c1ccc(-c2ccc3c(c2)C2CNCC2N3)cc1. The summed E-state index contributed by atoms with van der Waals surface area (Å²) in [5, 5.41) is 7.07. The van der Waals surface area contributed by atoms with Crippen molar-refractivity contribution in [1.82, 2.24) is 5.32 Å². The first-order valence-corrected chi connectivity index (χ1v) is 6.58. The van der Waals surface area contributed by atoms with E-state index in [4.69, 9.17) is 0 Å². The Bertz CT molecular complexity index is 577. The van der Waals surface area contributed by atoms with Crippen molar-refractivity contribution in [3.05, 3.63) is 54.1 Å². The molecule has 2 unspecified atom stereocenters. The van der Waals surface area contributed by atoms with Gasteiger partial charge in [-0.3, -0.25) is 0 Å². The normalized spacial score (nSPS) is 24.4. The van der Waals surface area contributed by atoms with Crippen LogP contribution in [0.15, 0.2) is 48.5 Å². The average molecular weight is 236 g/mol. The second-order valence-electron chi connectivity index (χ2n) is 5.18. The second-order valence-corrected chi connectivity index (χ2v) is 5.18. The highest BCUT2D eigenvalue weighted by atomic mass is 15.1. The van der Waals surface area contributed by atoms with Crippen LogP contribution in [0, 0.1) is 0 Å². The lowest BCUT2D eigenvalue weighted by Crippen LogP contribution is -2.20. The molecule has 0 amide bonds. The van der Waals surface area contributed by atoms with Gasteiger partial charge in [-0.1, -0.05) is 36.4 Å². The molecule has 0 radical (unpaired) electrons. The van der Waals surface area contributed by atoms with Gasteiger partial charge in [-0.25, -0.2) is 0 Å². The Hall–Kier alpha value is -1.80. The summed E-state index contributed by atoms with van der Waals surface area (Å²) in [6.45, 7) is 2.18. The summed E-state index contributed by atoms with van der Waals surface area (Å²) < 4.78 is 0. The van der Waals surface area contributed by atoms with Gasteiger partial charge in [-0.05, 0) is 28.8 Å². The molecule has 0 spiro atoms. The van der Waals surface area contributed by atoms with Crippen LogP contribution < -0.4 is 10.6 Å². The van der Waals surface area contributed by atoms with Crippen molar-refractivity contribution in [1.29, 1.82) is 0 Å². The maximum absolute atomic E-state index is 3.61. The lowest BCUT2D eigenvalue weighted by Gasteiger charge is -2.08. The summed E-state index contributed by atoms with van der Waals surface area (Å²) in [5.41, 5.74) is 5.43. The summed E-state index contributed by atoms with van der Waals surface area (Å²) in [6.07, 6.45) is 0. The van der Waals surface area contributed by atoms with Gasteiger partial charge < -0.3 is 10.6 Å². The van der Waals surface area contributed by atoms with E-state index in [1.54, 1.807) is 0 Å². The highest BCUT2D eigenvalue weighted by Crippen LogP contribution is 2.39. The number of fused-ring (bicyclic) bond motifs is 3. The Labute approximate surface area is 107 Å². The van der Waals surface area contributed by atoms with Crippen LogP contribution in [0.1, 0.15) is 11.5 Å². The minimum atomic E-state index is 0.589. The molecule has 2 heteroatoms. The van der Waals surface area contributed by atoms with Gasteiger partial charge in [0.1, 0.15) is 0 Å². The lowest BCUT2D eigenvalue weighted by molar-refractivity contribution is 0.736. The standard InChI is InChI=1S/C16H16N2/c1-2-4-11(5-3-1)12-6-7-15-13(8-12)14-9-17-10-16(14)18-15/h1-8,14,16-18H,9-10H2. The van der Waals surface area contributed by atoms with Gasteiger partial charge in [-0.15, -0.1) is 0 Å². The van der Waals surface area contributed by atoms with Gasteiger partial charge in [0.25, 0.3) is 0 Å². The minimum absolute atomic E-state index is 0.589. The van der Waals surface area contributed by atoms with E-state index in [-0.39, 0.29) is 0 Å². The van der Waals surface area contributed by atoms with Gasteiger partial charge in [0, 0.05) is 30.7 Å². The van der Waals surface area contributed by atoms with E-state index in [9.17, 15) is 0 Å². The molecular formula is C16H16N2. The zero-order chi connectivity index (χ0) is 11.9. The molecule has 2 aromatic rings. The van der Waals surface area contributed by atoms with E-state index < -0.39 is 0 Å². The lowest BCUT2D eigenvalue weighted by atomic mass is 9.94. The maximum Gasteiger partial charge on any atom is 0.0467 e. The van der Waals surface area contributed by atoms with E-state index in [0.717, 1.165) is 13.1 Å². The number of hydrogen-bond donors (Lipinski definition) is 2. The van der Waals surface area contributed by atoms with Gasteiger partial charge >= 0.3 is 0 Å². The third-order valence-electron chi connectivity index (χ3n) is 4.11. The number of benzene rings is 2. The predicted molar refractivity (Wildman–Crippen MR) is 74.9 cm³/mol. The third kappa shape index (κ3) is 1.46. The van der Waals surface area contributed by atoms with Crippen LogP contribution in [0.25, 0.3) is 11.1 Å². The summed E-state index contributed by atoms with van der Waals surface area (Å²) in [7, 11) is 0. The summed E-state index contributed by atoms with van der Waals surface area (Å²) in [6, 6.07) is 18.0. The first-order chi connectivity index (χ1) is 8.92. The number of rotatable bonds is 1. The highest BCUT2D eigenvalue weighted by Gasteiger charge is 2.35. The van der Waals surface area contributed by atoms with E-state index in [1.165, 1.54) is 22.4 Å². The number of hydrogen-bond acceptors (Lipinski definition) is 2. The molecule has 2 aromatic carbocycles. The van der Waals surface area contributed by atoms with Crippen LogP contribution >= 0.6 is 0 Å². The van der Waals surface area contributed by atoms with Crippen molar-refractivity contribution in [3.8, 4) is 11.1 Å². The van der Waals surface area contributed by atoms with Gasteiger partial charge in [0.15, 0.2) is 0 Å². The van der Waals surface area contributed by atoms with Crippen LogP contribution in [0.5, 0.6) is 0 Å². The Morgan fingerprint density at radius 2 is 1.78 bits per heavy atom. The largest absolute Gasteiger partial charge is 0.380 e. The molecule has 2 nitrogen and oxygen atoms in total. The van der Waals surface area contributed by atoms with Crippen molar-refractivity contribution >= 4 is 5.69 Å². The highest BCUT2D eigenvalue weighted by molar-refractivity contribution is 5.71. The summed E-state index contributed by atoms with van der Waals surface area (Å²) >= 11 is 0. The molecule has 90 valence electrons. The van der Waals surface area contributed by atoms with Crippen LogP contribution in [0.2, 0.25) is 0 Å². The molecule has 2 aliphatic rings. The Kier molecular flexibility index (Phi) is 2.17. The monoisotopic (exact) mass is 236 g/mol. The molecule has 4 rings (SSSR count). The molecule has 2 N–H and O–H groups in total. The predicted octanol–water partition coefficient (Wildman–Crippen LogP) is 2.83. The Morgan fingerprint density at radius 3 is 2.67 bits per heavy atom. The number of nitrogens with one attached hydrogen (secondary N) is 2. The first kappa shape index (κ1) is 10.2. The van der Waals surface area contributed by atoms with Crippen molar-refractivity contribution < 1.29 is 0 Å². The van der Waals surface area contributed by atoms with Crippen molar-refractivity contribution in [3.63, 3.8) is 0 Å². The summed E-state index contributed by atoms with van der Waals surface area (Å²) in [5.74, 6) is 0.642. The Balaban J connectivity index is 1.79. The molecule has 0 aromatic heterocycles. The fraction of sp³-hybridized carbons (Fsp3) is 0.250. The summed E-state index contributed by atoms with van der Waals surface area (Å²) in [4.78, 5) is 0. The molecule has 2 aliphatic heterocycles. The molecule has 0 aliphatic carbocycles. The molecule has 0 bridgehead atoms. The van der Waals surface area contributed by atoms with E-state index in [0.29, 0.717) is 12.0 Å². The second kappa shape index (κ2) is 3.85. The minimum Gasteiger partial charge on any atom is -0.380 e. The zero-order valence-corrected chi connectivity index (χ0v) is 10.2. The fourth-order valence-corrected chi connectivity index (χ4v) is 3.17. The maximum atomic E-state index is 3.61. The molecule has 2 heterocycles. The molecule has 2 atom stereocenters. The van der Waals surface area contributed by atoms with Crippen LogP contribution in [0.4, 0.5) is 5.69 Å². The Morgan fingerprint density at radius 1 is 0.889 bits per heavy atom. The third-order valence-corrected chi connectivity index (χ3v) is 4.11. The molecule has 1 saturated heterocycles. The van der Waals surface area contributed by atoms with Crippen molar-refractivity contribution in [2.75, 3.05) is 18.4 Å². The smallest absolute Gasteiger partial charge is 0.0467 e. The molecular weight excluding hydrogens is 220 g/mol. The van der Waals surface area contributed by atoms with Crippen LogP contribution in [0.3, 0.4) is 0 Å². The molecule has 0 saturated carbocycles. The van der Waals surface area contributed by atoms with Crippen molar-refractivity contribution in [2.24, 2.45) is 0 Å². The fourth-order valence-electron chi connectivity index (χ4n) is 3.17. The van der Waals surface area contributed by atoms with Gasteiger partial charge in [0.05, 0.1) is 0 Å². The van der Waals surface area contributed by atoms with E-state index in [1.807, 2.05) is 0 Å². The molecule has 18 heavy (non-hydrogen) atoms. The number of anilines is 1. The quantitative estimate of drug-likeness (QED) is 0.795. The van der Waals surface area contributed by atoms with Gasteiger partial charge in [0.2, 0.25) is 0 Å². The first-order valence-electron chi connectivity index (χ1n) is 6.58.